The van der Waals surface area contributed by atoms with Gasteiger partial charge in [0.05, 0.1) is 12.1 Å². The van der Waals surface area contributed by atoms with Crippen LogP contribution in [0.1, 0.15) is 19.8 Å². The molecule has 0 aromatic rings. The molecule has 2 unspecified atom stereocenters. The Kier molecular flexibility index (Phi) is 4.72. The van der Waals surface area contributed by atoms with Crippen molar-refractivity contribution in [3.8, 4) is 12.1 Å². The van der Waals surface area contributed by atoms with Crippen molar-refractivity contribution in [1.82, 2.24) is 0 Å². The molecule has 0 heterocycles. The molecule has 4 heteroatoms. The van der Waals surface area contributed by atoms with Crippen LogP contribution in [0.5, 0.6) is 0 Å². The molecule has 0 aromatic heterocycles. The molecule has 0 aliphatic heterocycles. The fourth-order valence-corrected chi connectivity index (χ4v) is 1.11. The van der Waals surface area contributed by atoms with Gasteiger partial charge >= 0.3 is 0 Å². The second-order valence-electron chi connectivity index (χ2n) is 2.25. The zero-order valence-corrected chi connectivity index (χ0v) is 9.31. The minimum atomic E-state index is -0.595. The van der Waals surface area contributed by atoms with Crippen LogP contribution in [-0.4, -0.2) is 9.15 Å². The van der Waals surface area contributed by atoms with Crippen molar-refractivity contribution in [2.45, 2.75) is 28.9 Å². The molecule has 0 saturated heterocycles. The summed E-state index contributed by atoms with van der Waals surface area (Å²) in [6.45, 7) is 1.88. The van der Waals surface area contributed by atoms with Gasteiger partial charge in [-0.1, -0.05) is 38.8 Å². The molecular formula is C7H8Br2N2. The van der Waals surface area contributed by atoms with E-state index in [9.17, 15) is 0 Å². The first kappa shape index (κ1) is 10.9. The molecule has 2 atom stereocenters. The van der Waals surface area contributed by atoms with Crippen LogP contribution in [0.25, 0.3) is 0 Å². The van der Waals surface area contributed by atoms with E-state index in [1.54, 1.807) is 0 Å². The van der Waals surface area contributed by atoms with E-state index in [0.717, 1.165) is 0 Å². The van der Waals surface area contributed by atoms with E-state index in [1.807, 2.05) is 13.0 Å². The predicted octanol–water partition coefficient (Wildman–Crippen LogP) is 2.73. The second kappa shape index (κ2) is 4.74. The Morgan fingerprint density at radius 3 is 2.36 bits per heavy atom. The first-order valence-corrected chi connectivity index (χ1v) is 4.89. The maximum atomic E-state index is 8.75. The third kappa shape index (κ3) is 3.22. The fraction of sp³-hybridized carbons (Fsp3) is 0.714. The summed E-state index contributed by atoms with van der Waals surface area (Å²) in [4.78, 5) is 0.0494. The normalized spacial score (nSPS) is 17.5. The van der Waals surface area contributed by atoms with E-state index in [2.05, 4.69) is 37.9 Å². The number of hydrogen-bond acceptors (Lipinski definition) is 2. The molecule has 0 spiro atoms. The molecule has 0 aromatic carbocycles. The van der Waals surface area contributed by atoms with Gasteiger partial charge in [0.2, 0.25) is 0 Å². The maximum absolute atomic E-state index is 8.75. The van der Waals surface area contributed by atoms with Crippen LogP contribution in [-0.2, 0) is 0 Å². The highest BCUT2D eigenvalue weighted by molar-refractivity contribution is 9.12. The third-order valence-electron chi connectivity index (χ3n) is 1.42. The summed E-state index contributed by atoms with van der Waals surface area (Å²) in [6.07, 6.45) is 0.946. The van der Waals surface area contributed by atoms with Crippen LogP contribution in [0.4, 0.5) is 0 Å². The summed E-state index contributed by atoms with van der Waals surface area (Å²) in [6, 6.07) is 4.14. The summed E-state index contributed by atoms with van der Waals surface area (Å²) < 4.78 is -0.595. The molecule has 0 rings (SSSR count). The summed E-state index contributed by atoms with van der Waals surface area (Å²) >= 11 is 6.60. The van der Waals surface area contributed by atoms with Crippen molar-refractivity contribution in [1.29, 1.82) is 10.5 Å². The van der Waals surface area contributed by atoms with Crippen molar-refractivity contribution in [3.63, 3.8) is 0 Å². The predicted molar refractivity (Wildman–Crippen MR) is 50.5 cm³/mol. The molecule has 0 aliphatic rings. The maximum Gasteiger partial charge on any atom is 0.125 e. The third-order valence-corrected chi connectivity index (χ3v) is 4.07. The SMILES string of the molecule is CC(Br)C(Br)(C#N)CCC#N. The van der Waals surface area contributed by atoms with E-state index in [0.29, 0.717) is 12.8 Å². The number of halogens is 2. The molecule has 60 valence electrons. The Labute approximate surface area is 83.4 Å². The van der Waals surface area contributed by atoms with Crippen LogP contribution < -0.4 is 0 Å². The quantitative estimate of drug-likeness (QED) is 0.746. The largest absolute Gasteiger partial charge is 0.198 e. The van der Waals surface area contributed by atoms with E-state index in [1.165, 1.54) is 0 Å². The van der Waals surface area contributed by atoms with Crippen LogP contribution in [0.15, 0.2) is 0 Å². The molecule has 0 N–H and O–H groups in total. The number of nitriles is 2. The second-order valence-corrected chi connectivity index (χ2v) is 5.04. The fourth-order valence-electron chi connectivity index (χ4n) is 0.582. The van der Waals surface area contributed by atoms with Gasteiger partial charge in [-0.15, -0.1) is 0 Å². The van der Waals surface area contributed by atoms with Crippen molar-refractivity contribution < 1.29 is 0 Å². The highest BCUT2D eigenvalue weighted by atomic mass is 79.9. The molecule has 0 aliphatic carbocycles. The van der Waals surface area contributed by atoms with Gasteiger partial charge < -0.3 is 0 Å². The minimum absolute atomic E-state index is 0.0494. The standard InChI is InChI=1S/C7H8Br2N2/c1-6(8)7(9,5-11)3-2-4-10/h6H,2-3H2,1H3. The zero-order chi connectivity index (χ0) is 8.91. The van der Waals surface area contributed by atoms with Gasteiger partial charge in [0.1, 0.15) is 4.32 Å². The lowest BCUT2D eigenvalue weighted by Crippen LogP contribution is -2.27. The topological polar surface area (TPSA) is 47.6 Å². The Morgan fingerprint density at radius 2 is 2.09 bits per heavy atom. The Morgan fingerprint density at radius 1 is 1.55 bits per heavy atom. The van der Waals surface area contributed by atoms with Gasteiger partial charge in [-0.3, -0.25) is 0 Å². The van der Waals surface area contributed by atoms with Gasteiger partial charge in [-0.05, 0) is 6.42 Å². The van der Waals surface area contributed by atoms with Gasteiger partial charge in [-0.2, -0.15) is 10.5 Å². The number of rotatable bonds is 3. The van der Waals surface area contributed by atoms with E-state index in [4.69, 9.17) is 10.5 Å². The smallest absolute Gasteiger partial charge is 0.125 e. The monoisotopic (exact) mass is 278 g/mol. The molecule has 11 heavy (non-hydrogen) atoms. The van der Waals surface area contributed by atoms with Gasteiger partial charge in [0, 0.05) is 11.2 Å². The van der Waals surface area contributed by atoms with E-state index < -0.39 is 4.32 Å². The van der Waals surface area contributed by atoms with E-state index >= 15 is 0 Å². The summed E-state index contributed by atoms with van der Waals surface area (Å²) in [5, 5.41) is 17.1. The Hall–Kier alpha value is -0.0600. The number of alkyl halides is 2. The zero-order valence-electron chi connectivity index (χ0n) is 6.14. The van der Waals surface area contributed by atoms with E-state index in [-0.39, 0.29) is 4.83 Å². The van der Waals surface area contributed by atoms with Gasteiger partial charge in [0.25, 0.3) is 0 Å². The molecule has 0 fully saturated rings. The van der Waals surface area contributed by atoms with Crippen molar-refractivity contribution in [2.24, 2.45) is 0 Å². The lowest BCUT2D eigenvalue weighted by molar-refractivity contribution is 0.677. The molecule has 0 saturated carbocycles. The number of nitrogens with zero attached hydrogens (tertiary/aromatic N) is 2. The van der Waals surface area contributed by atoms with Gasteiger partial charge in [-0.25, -0.2) is 0 Å². The van der Waals surface area contributed by atoms with Crippen molar-refractivity contribution >= 4 is 31.9 Å². The lowest BCUT2D eigenvalue weighted by Gasteiger charge is -2.20. The van der Waals surface area contributed by atoms with Crippen LogP contribution >= 0.6 is 31.9 Å². The molecule has 0 bridgehead atoms. The van der Waals surface area contributed by atoms with Crippen LogP contribution in [0.3, 0.4) is 0 Å². The van der Waals surface area contributed by atoms with Gasteiger partial charge in [0.15, 0.2) is 0 Å². The lowest BCUT2D eigenvalue weighted by atomic mass is 10.0. The first-order chi connectivity index (χ1) is 5.06. The van der Waals surface area contributed by atoms with Crippen molar-refractivity contribution in [2.75, 3.05) is 0 Å². The van der Waals surface area contributed by atoms with Crippen LogP contribution in [0, 0.1) is 22.7 Å². The number of hydrogen-bond donors (Lipinski definition) is 0. The highest BCUT2D eigenvalue weighted by Gasteiger charge is 2.31. The first-order valence-electron chi connectivity index (χ1n) is 3.18. The average molecular weight is 280 g/mol. The molecule has 0 amide bonds. The Balaban J connectivity index is 4.16. The molecule has 2 nitrogen and oxygen atoms in total. The highest BCUT2D eigenvalue weighted by Crippen LogP contribution is 2.31. The molecular weight excluding hydrogens is 272 g/mol. The minimum Gasteiger partial charge on any atom is -0.198 e. The molecule has 0 radical (unpaired) electrons. The van der Waals surface area contributed by atoms with Crippen molar-refractivity contribution in [3.05, 3.63) is 0 Å². The average Bonchev–Trinajstić information content (AvgIpc) is 2.00. The van der Waals surface area contributed by atoms with Crippen LogP contribution in [0.2, 0.25) is 0 Å². The summed E-state index contributed by atoms with van der Waals surface area (Å²) in [5.41, 5.74) is 0. The Bertz CT molecular complexity index is 201. The summed E-state index contributed by atoms with van der Waals surface area (Å²) in [5.74, 6) is 0. The summed E-state index contributed by atoms with van der Waals surface area (Å²) in [7, 11) is 0.